The number of amides is 1. The number of fused-ring (bicyclic) bond motifs is 1. The van der Waals surface area contributed by atoms with E-state index in [4.69, 9.17) is 33.9 Å². The zero-order valence-electron chi connectivity index (χ0n) is 22.1. The summed E-state index contributed by atoms with van der Waals surface area (Å²) in [6.45, 7) is 1.09. The summed E-state index contributed by atoms with van der Waals surface area (Å²) in [5.74, 6) is 0.176. The van der Waals surface area contributed by atoms with Gasteiger partial charge in [-0.15, -0.1) is 0 Å². The number of nitrogens with two attached hydrogens (primary N) is 1. The molecule has 0 bridgehead atoms. The second kappa shape index (κ2) is 12.0. The summed E-state index contributed by atoms with van der Waals surface area (Å²) in [5, 5.41) is 8.22. The summed E-state index contributed by atoms with van der Waals surface area (Å²) in [6, 6.07) is 26.1. The summed E-state index contributed by atoms with van der Waals surface area (Å²) in [7, 11) is 4.00. The van der Waals surface area contributed by atoms with Crippen LogP contribution < -0.4 is 16.4 Å². The third-order valence-corrected chi connectivity index (χ3v) is 6.90. The summed E-state index contributed by atoms with van der Waals surface area (Å²) < 4.78 is 0. The highest BCUT2D eigenvalue weighted by Gasteiger charge is 2.14. The quantitative estimate of drug-likeness (QED) is 0.184. The molecule has 0 radical (unpaired) electrons. The van der Waals surface area contributed by atoms with Crippen LogP contribution in [0.25, 0.3) is 22.2 Å². The van der Waals surface area contributed by atoms with E-state index in [-0.39, 0.29) is 5.91 Å². The highest BCUT2D eigenvalue weighted by atomic mass is 35.5. The molecule has 4 N–H and O–H groups in total. The fourth-order valence-corrected chi connectivity index (χ4v) is 4.81. The Balaban J connectivity index is 1.39. The van der Waals surface area contributed by atoms with E-state index in [1.54, 1.807) is 30.3 Å². The monoisotopic (exact) mass is 570 g/mol. The number of hydrogen-bond acceptors (Lipinski definition) is 6. The molecule has 0 spiro atoms. The number of benzene rings is 4. The molecule has 0 aliphatic rings. The minimum atomic E-state index is -0.219. The van der Waals surface area contributed by atoms with Crippen molar-refractivity contribution in [2.24, 2.45) is 5.73 Å². The first kappa shape index (κ1) is 27.6. The lowest BCUT2D eigenvalue weighted by Gasteiger charge is -2.15. The number of carbonyl (C=O) groups is 1. The zero-order valence-corrected chi connectivity index (χ0v) is 23.6. The molecule has 1 heterocycles. The van der Waals surface area contributed by atoms with E-state index in [0.29, 0.717) is 45.0 Å². The van der Waals surface area contributed by atoms with Gasteiger partial charge >= 0.3 is 0 Å². The van der Waals surface area contributed by atoms with Gasteiger partial charge in [-0.3, -0.25) is 4.79 Å². The standard InChI is InChI=1S/C31H28Cl2N6O/c1-39(2)18-19-7-8-21(17-34)28(15-19)36-30(40)20-9-12-23(13-10-20)35-31-37-27-6-4-3-5-24(27)29(38-31)25-16-22(32)11-14-26(25)33/h3-16H,17-18,34H2,1-2H3,(H,36,40)(H,35,37,38). The van der Waals surface area contributed by atoms with Gasteiger partial charge in [0.15, 0.2) is 0 Å². The number of aromatic nitrogens is 2. The van der Waals surface area contributed by atoms with E-state index in [0.717, 1.165) is 34.3 Å². The van der Waals surface area contributed by atoms with Crippen LogP contribution in [0.1, 0.15) is 21.5 Å². The van der Waals surface area contributed by atoms with Crippen molar-refractivity contribution in [2.45, 2.75) is 13.1 Å². The van der Waals surface area contributed by atoms with E-state index in [1.165, 1.54) is 0 Å². The first-order valence-corrected chi connectivity index (χ1v) is 13.4. The Morgan fingerprint density at radius 2 is 1.70 bits per heavy atom. The fraction of sp³-hybridized carbons (Fsp3) is 0.129. The van der Waals surface area contributed by atoms with Crippen LogP contribution in [0.5, 0.6) is 0 Å². The summed E-state index contributed by atoms with van der Waals surface area (Å²) in [6.07, 6.45) is 0. The molecule has 0 saturated carbocycles. The third-order valence-electron chi connectivity index (χ3n) is 6.33. The molecule has 0 atom stereocenters. The summed E-state index contributed by atoms with van der Waals surface area (Å²) >= 11 is 12.8. The van der Waals surface area contributed by atoms with Crippen molar-refractivity contribution in [2.75, 3.05) is 24.7 Å². The van der Waals surface area contributed by atoms with Gasteiger partial charge in [-0.25, -0.2) is 9.97 Å². The van der Waals surface area contributed by atoms with Crippen molar-refractivity contribution in [3.05, 3.63) is 112 Å². The summed E-state index contributed by atoms with van der Waals surface area (Å²) in [5.41, 5.74) is 12.0. The smallest absolute Gasteiger partial charge is 0.255 e. The zero-order chi connectivity index (χ0) is 28.2. The maximum atomic E-state index is 13.1. The molecule has 9 heteroatoms. The predicted octanol–water partition coefficient (Wildman–Crippen LogP) is 7.12. The Morgan fingerprint density at radius 3 is 2.45 bits per heavy atom. The second-order valence-corrected chi connectivity index (χ2v) is 10.5. The maximum Gasteiger partial charge on any atom is 0.255 e. The Labute approximate surface area is 243 Å². The lowest BCUT2D eigenvalue weighted by atomic mass is 10.1. The average molecular weight is 572 g/mol. The molecule has 5 aromatic rings. The Morgan fingerprint density at radius 1 is 0.925 bits per heavy atom. The van der Waals surface area contributed by atoms with E-state index in [2.05, 4.69) is 20.5 Å². The molecule has 0 aliphatic carbocycles. The largest absolute Gasteiger partial charge is 0.326 e. The normalized spacial score (nSPS) is 11.2. The number of hydrogen-bond donors (Lipinski definition) is 3. The first-order valence-electron chi connectivity index (χ1n) is 12.7. The van der Waals surface area contributed by atoms with Gasteiger partial charge in [-0.2, -0.15) is 0 Å². The molecule has 202 valence electrons. The van der Waals surface area contributed by atoms with E-state index in [1.807, 2.05) is 68.7 Å². The van der Waals surface area contributed by atoms with Crippen LogP contribution >= 0.6 is 23.2 Å². The third kappa shape index (κ3) is 6.24. The number of halogens is 2. The second-order valence-electron chi connectivity index (χ2n) is 9.63. The highest BCUT2D eigenvalue weighted by Crippen LogP contribution is 2.34. The number of anilines is 3. The molecular weight excluding hydrogens is 543 g/mol. The first-order chi connectivity index (χ1) is 19.3. The minimum absolute atomic E-state index is 0.219. The number of rotatable bonds is 8. The van der Waals surface area contributed by atoms with Gasteiger partial charge in [-0.05, 0) is 79.8 Å². The van der Waals surface area contributed by atoms with Crippen molar-refractivity contribution in [1.29, 1.82) is 0 Å². The van der Waals surface area contributed by atoms with E-state index >= 15 is 0 Å². The number of carbonyl (C=O) groups excluding carboxylic acids is 1. The highest BCUT2D eigenvalue weighted by molar-refractivity contribution is 6.35. The van der Waals surface area contributed by atoms with Crippen molar-refractivity contribution in [3.63, 3.8) is 0 Å². The molecular formula is C31H28Cl2N6O. The van der Waals surface area contributed by atoms with Gasteiger partial charge < -0.3 is 21.3 Å². The van der Waals surface area contributed by atoms with Crippen LogP contribution in [-0.4, -0.2) is 34.9 Å². The molecule has 0 fully saturated rings. The van der Waals surface area contributed by atoms with Crippen molar-refractivity contribution < 1.29 is 4.79 Å². The Kier molecular flexibility index (Phi) is 8.28. The number of nitrogens with zero attached hydrogens (tertiary/aromatic N) is 3. The molecule has 0 saturated heterocycles. The molecule has 7 nitrogen and oxygen atoms in total. The lowest BCUT2D eigenvalue weighted by Crippen LogP contribution is -2.16. The molecule has 1 aromatic heterocycles. The van der Waals surface area contributed by atoms with Crippen molar-refractivity contribution in [1.82, 2.24) is 14.9 Å². The lowest BCUT2D eigenvalue weighted by molar-refractivity contribution is 0.102. The molecule has 0 aliphatic heterocycles. The van der Waals surface area contributed by atoms with Crippen LogP contribution in [0.4, 0.5) is 17.3 Å². The summed E-state index contributed by atoms with van der Waals surface area (Å²) in [4.78, 5) is 24.6. The molecule has 40 heavy (non-hydrogen) atoms. The fourth-order valence-electron chi connectivity index (χ4n) is 4.43. The van der Waals surface area contributed by atoms with Crippen molar-refractivity contribution in [3.8, 4) is 11.3 Å². The van der Waals surface area contributed by atoms with Gasteiger partial charge in [0.05, 0.1) is 16.2 Å². The Hall–Kier alpha value is -4.01. The van der Waals surface area contributed by atoms with Crippen LogP contribution in [0.15, 0.2) is 84.9 Å². The van der Waals surface area contributed by atoms with Gasteiger partial charge in [0.25, 0.3) is 5.91 Å². The van der Waals surface area contributed by atoms with Gasteiger partial charge in [0.1, 0.15) is 0 Å². The topological polar surface area (TPSA) is 96.2 Å². The van der Waals surface area contributed by atoms with E-state index < -0.39 is 0 Å². The number of para-hydroxylation sites is 1. The van der Waals surface area contributed by atoms with Crippen LogP contribution in [0, 0.1) is 0 Å². The van der Waals surface area contributed by atoms with Gasteiger partial charge in [0, 0.05) is 46.0 Å². The van der Waals surface area contributed by atoms with Crippen LogP contribution in [0.2, 0.25) is 10.0 Å². The molecule has 5 rings (SSSR count). The Bertz CT molecular complexity index is 1690. The molecule has 1 amide bonds. The van der Waals surface area contributed by atoms with Gasteiger partial charge in [-0.1, -0.05) is 53.5 Å². The predicted molar refractivity (Wildman–Crippen MR) is 164 cm³/mol. The van der Waals surface area contributed by atoms with Gasteiger partial charge in [0.2, 0.25) is 5.95 Å². The molecule has 0 unspecified atom stereocenters. The van der Waals surface area contributed by atoms with Crippen LogP contribution in [0.3, 0.4) is 0 Å². The molecule has 4 aromatic carbocycles. The SMILES string of the molecule is CN(C)Cc1ccc(CN)c(NC(=O)c2ccc(Nc3nc(-c4cc(Cl)ccc4Cl)c4ccccc4n3)cc2)c1. The van der Waals surface area contributed by atoms with Crippen molar-refractivity contribution >= 4 is 57.3 Å². The minimum Gasteiger partial charge on any atom is -0.326 e. The van der Waals surface area contributed by atoms with Crippen LogP contribution in [-0.2, 0) is 13.1 Å². The average Bonchev–Trinajstić information content (AvgIpc) is 2.94. The van der Waals surface area contributed by atoms with E-state index in [9.17, 15) is 4.79 Å². The maximum absolute atomic E-state index is 13.1. The number of nitrogens with one attached hydrogen (secondary N) is 2.